The molecule has 0 atom stereocenters. The lowest BCUT2D eigenvalue weighted by Gasteiger charge is -2.09. The van der Waals surface area contributed by atoms with E-state index in [0.717, 1.165) is 12.1 Å². The van der Waals surface area contributed by atoms with Gasteiger partial charge in [-0.1, -0.05) is 19.0 Å². The molecule has 0 saturated heterocycles. The van der Waals surface area contributed by atoms with Gasteiger partial charge >= 0.3 is 0 Å². The summed E-state index contributed by atoms with van der Waals surface area (Å²) < 4.78 is 36.8. The topological polar surface area (TPSA) is 64.4 Å². The summed E-state index contributed by atoms with van der Waals surface area (Å²) in [6.07, 6.45) is 0. The fourth-order valence-corrected chi connectivity index (χ4v) is 1.86. The fourth-order valence-electron chi connectivity index (χ4n) is 1.86. The Morgan fingerprint density at radius 3 is 2.78 bits per heavy atom. The van der Waals surface area contributed by atoms with Crippen LogP contribution in [0.5, 0.6) is 5.75 Å². The first-order valence-corrected chi connectivity index (χ1v) is 7.19. The minimum absolute atomic E-state index is 0.102. The second kappa shape index (κ2) is 7.21. The van der Waals surface area contributed by atoms with E-state index in [1.54, 1.807) is 6.92 Å². The van der Waals surface area contributed by atoms with Crippen LogP contribution in [0.1, 0.15) is 35.7 Å². The Hall–Kier alpha value is -2.44. The lowest BCUT2D eigenvalue weighted by molar-refractivity contribution is 0.0937. The summed E-state index contributed by atoms with van der Waals surface area (Å²) in [7, 11) is 0. The number of carbonyl (C=O) groups excluding carboxylic acids is 1. The number of halogens is 2. The molecule has 1 aromatic heterocycles. The average molecular weight is 324 g/mol. The van der Waals surface area contributed by atoms with Gasteiger partial charge in [-0.05, 0) is 25.0 Å². The van der Waals surface area contributed by atoms with Crippen LogP contribution in [-0.2, 0) is 6.61 Å². The van der Waals surface area contributed by atoms with Crippen molar-refractivity contribution in [2.75, 3.05) is 6.54 Å². The van der Waals surface area contributed by atoms with Gasteiger partial charge in [0.05, 0.1) is 5.56 Å². The van der Waals surface area contributed by atoms with E-state index in [2.05, 4.69) is 10.5 Å². The summed E-state index contributed by atoms with van der Waals surface area (Å²) in [5.74, 6) is -1.30. The number of ether oxygens (including phenoxy) is 1. The molecule has 0 radical (unpaired) electrons. The molecule has 0 bridgehead atoms. The molecule has 23 heavy (non-hydrogen) atoms. The van der Waals surface area contributed by atoms with Crippen molar-refractivity contribution in [1.29, 1.82) is 0 Å². The molecule has 1 N–H and O–H groups in total. The summed E-state index contributed by atoms with van der Waals surface area (Å²) in [6.45, 7) is 5.96. The third-order valence-electron chi connectivity index (χ3n) is 3.14. The Labute approximate surface area is 132 Å². The van der Waals surface area contributed by atoms with E-state index in [9.17, 15) is 13.6 Å². The highest BCUT2D eigenvalue weighted by atomic mass is 19.1. The predicted octanol–water partition coefficient (Wildman–Crippen LogP) is 3.23. The number of nitrogens with one attached hydrogen (secondary N) is 1. The lowest BCUT2D eigenvalue weighted by atomic mass is 10.2. The van der Waals surface area contributed by atoms with E-state index < -0.39 is 11.6 Å². The van der Waals surface area contributed by atoms with Crippen LogP contribution in [0.2, 0.25) is 0 Å². The first kappa shape index (κ1) is 16.9. The van der Waals surface area contributed by atoms with E-state index in [0.29, 0.717) is 23.8 Å². The quantitative estimate of drug-likeness (QED) is 0.886. The second-order valence-electron chi connectivity index (χ2n) is 5.53. The molecule has 0 unspecified atom stereocenters. The molecule has 0 spiro atoms. The van der Waals surface area contributed by atoms with Crippen molar-refractivity contribution in [3.63, 3.8) is 0 Å². The monoisotopic (exact) mass is 324 g/mol. The molecule has 5 nitrogen and oxygen atoms in total. The summed E-state index contributed by atoms with van der Waals surface area (Å²) in [6, 6.07) is 3.01. The number of rotatable bonds is 6. The molecule has 2 aromatic rings. The van der Waals surface area contributed by atoms with Crippen molar-refractivity contribution in [2.45, 2.75) is 27.4 Å². The number of hydrogen-bond acceptors (Lipinski definition) is 4. The Bertz CT molecular complexity index is 699. The molecular weight excluding hydrogens is 306 g/mol. The zero-order valence-corrected chi connectivity index (χ0v) is 13.2. The van der Waals surface area contributed by atoms with Crippen LogP contribution < -0.4 is 10.1 Å². The van der Waals surface area contributed by atoms with Crippen LogP contribution in [0.3, 0.4) is 0 Å². The van der Waals surface area contributed by atoms with E-state index in [-0.39, 0.29) is 24.0 Å². The molecule has 7 heteroatoms. The number of nitrogens with zero attached hydrogens (tertiary/aromatic N) is 1. The van der Waals surface area contributed by atoms with Crippen molar-refractivity contribution < 1.29 is 22.8 Å². The minimum Gasteiger partial charge on any atom is -0.486 e. The maximum Gasteiger partial charge on any atom is 0.273 e. The first-order chi connectivity index (χ1) is 10.9. The fraction of sp³-hybridized carbons (Fsp3) is 0.375. The minimum atomic E-state index is -0.815. The molecule has 0 aliphatic rings. The molecular formula is C16H18F2N2O3. The Kier molecular flexibility index (Phi) is 5.31. The molecule has 2 rings (SSSR count). The van der Waals surface area contributed by atoms with Crippen LogP contribution >= 0.6 is 0 Å². The number of aryl methyl sites for hydroxylation is 1. The Morgan fingerprint density at radius 2 is 2.13 bits per heavy atom. The van der Waals surface area contributed by atoms with Gasteiger partial charge in [0.1, 0.15) is 18.2 Å². The number of hydrogen-bond donors (Lipinski definition) is 1. The summed E-state index contributed by atoms with van der Waals surface area (Å²) in [5.41, 5.74) is 0.528. The van der Waals surface area contributed by atoms with Crippen molar-refractivity contribution >= 4 is 5.91 Å². The molecule has 1 aromatic carbocycles. The third-order valence-corrected chi connectivity index (χ3v) is 3.14. The van der Waals surface area contributed by atoms with Gasteiger partial charge < -0.3 is 14.6 Å². The standard InChI is InChI=1S/C16H18F2N2O3/c1-9(2)7-19-16(21)15-12(10(3)23-20-15)8-22-14-5-4-11(17)6-13(14)18/h4-6,9H,7-8H2,1-3H3,(H,19,21). The number of aromatic nitrogens is 1. The van der Waals surface area contributed by atoms with Crippen LogP contribution in [0.4, 0.5) is 8.78 Å². The summed E-state index contributed by atoms with van der Waals surface area (Å²) >= 11 is 0. The average Bonchev–Trinajstić information content (AvgIpc) is 2.85. The van der Waals surface area contributed by atoms with E-state index in [1.807, 2.05) is 13.8 Å². The zero-order chi connectivity index (χ0) is 17.0. The molecule has 0 fully saturated rings. The van der Waals surface area contributed by atoms with Crippen LogP contribution in [0, 0.1) is 24.5 Å². The van der Waals surface area contributed by atoms with Crippen LogP contribution in [0.25, 0.3) is 0 Å². The van der Waals surface area contributed by atoms with Crippen molar-refractivity contribution in [1.82, 2.24) is 10.5 Å². The van der Waals surface area contributed by atoms with Gasteiger partial charge in [0.2, 0.25) is 0 Å². The highest BCUT2D eigenvalue weighted by Crippen LogP contribution is 2.21. The zero-order valence-electron chi connectivity index (χ0n) is 13.2. The number of benzene rings is 1. The summed E-state index contributed by atoms with van der Waals surface area (Å²) in [4.78, 5) is 12.1. The lowest BCUT2D eigenvalue weighted by Crippen LogP contribution is -2.28. The van der Waals surface area contributed by atoms with E-state index in [4.69, 9.17) is 9.26 Å². The number of carbonyl (C=O) groups is 1. The third kappa shape index (κ3) is 4.28. The van der Waals surface area contributed by atoms with Gasteiger partial charge in [0, 0.05) is 12.6 Å². The van der Waals surface area contributed by atoms with Gasteiger partial charge in [-0.3, -0.25) is 4.79 Å². The smallest absolute Gasteiger partial charge is 0.273 e. The highest BCUT2D eigenvalue weighted by Gasteiger charge is 2.20. The maximum atomic E-state index is 13.6. The van der Waals surface area contributed by atoms with Gasteiger partial charge in [0.15, 0.2) is 17.3 Å². The second-order valence-corrected chi connectivity index (χ2v) is 5.53. The molecule has 1 heterocycles. The molecule has 0 aliphatic heterocycles. The molecule has 0 saturated carbocycles. The van der Waals surface area contributed by atoms with Gasteiger partial charge in [-0.15, -0.1) is 0 Å². The highest BCUT2D eigenvalue weighted by molar-refractivity contribution is 5.93. The SMILES string of the molecule is Cc1onc(C(=O)NCC(C)C)c1COc1ccc(F)cc1F. The number of amides is 1. The van der Waals surface area contributed by atoms with Crippen molar-refractivity contribution in [3.05, 3.63) is 46.9 Å². The normalized spacial score (nSPS) is 10.9. The first-order valence-electron chi connectivity index (χ1n) is 7.19. The maximum absolute atomic E-state index is 13.6. The summed E-state index contributed by atoms with van der Waals surface area (Å²) in [5, 5.41) is 6.45. The largest absolute Gasteiger partial charge is 0.486 e. The Balaban J connectivity index is 2.10. The van der Waals surface area contributed by atoms with Gasteiger partial charge in [-0.2, -0.15) is 0 Å². The van der Waals surface area contributed by atoms with Gasteiger partial charge in [-0.25, -0.2) is 8.78 Å². The Morgan fingerprint density at radius 1 is 1.39 bits per heavy atom. The van der Waals surface area contributed by atoms with Crippen molar-refractivity contribution in [3.8, 4) is 5.75 Å². The van der Waals surface area contributed by atoms with Crippen LogP contribution in [0.15, 0.2) is 22.7 Å². The molecule has 124 valence electrons. The van der Waals surface area contributed by atoms with Crippen LogP contribution in [-0.4, -0.2) is 17.6 Å². The van der Waals surface area contributed by atoms with E-state index in [1.165, 1.54) is 6.07 Å². The van der Waals surface area contributed by atoms with Gasteiger partial charge in [0.25, 0.3) is 5.91 Å². The van der Waals surface area contributed by atoms with E-state index >= 15 is 0 Å². The predicted molar refractivity (Wildman–Crippen MR) is 79.1 cm³/mol. The molecule has 0 aliphatic carbocycles. The van der Waals surface area contributed by atoms with Crippen molar-refractivity contribution in [2.24, 2.45) is 5.92 Å². The molecule has 1 amide bonds.